The number of nitrogens with one attached hydrogen (secondary N) is 1. The Morgan fingerprint density at radius 1 is 1.45 bits per heavy atom. The zero-order chi connectivity index (χ0) is 16.0. The Balaban J connectivity index is 1.94. The minimum absolute atomic E-state index is 0.0177. The first kappa shape index (κ1) is 16.3. The van der Waals surface area contributed by atoms with Crippen molar-refractivity contribution in [2.75, 3.05) is 39.4 Å². The molecule has 0 bridgehead atoms. The predicted molar refractivity (Wildman–Crippen MR) is 74.2 cm³/mol. The van der Waals surface area contributed by atoms with Crippen LogP contribution in [-0.2, 0) is 9.53 Å². The highest BCUT2D eigenvalue weighted by molar-refractivity contribution is 5.91. The van der Waals surface area contributed by atoms with Crippen LogP contribution in [0.4, 0.5) is 0 Å². The molecule has 1 fully saturated rings. The van der Waals surface area contributed by atoms with Gasteiger partial charge in [-0.2, -0.15) is 0 Å². The third-order valence-corrected chi connectivity index (χ3v) is 3.17. The largest absolute Gasteiger partial charge is 0.480 e. The lowest BCUT2D eigenvalue weighted by Crippen LogP contribution is -2.53. The Morgan fingerprint density at radius 2 is 2.27 bits per heavy atom. The summed E-state index contributed by atoms with van der Waals surface area (Å²) in [6.45, 7) is 0.590. The lowest BCUT2D eigenvalue weighted by atomic mass is 10.0. The maximum Gasteiger partial charge on any atom is 0.317 e. The number of aromatic nitrogens is 2. The van der Waals surface area contributed by atoms with Crippen LogP contribution in [0, 0.1) is 0 Å². The van der Waals surface area contributed by atoms with E-state index in [1.54, 1.807) is 4.90 Å². The van der Waals surface area contributed by atoms with Gasteiger partial charge in [-0.15, -0.1) is 0 Å². The number of aliphatic hydroxyl groups is 1. The third kappa shape index (κ3) is 4.72. The molecule has 1 aliphatic heterocycles. The summed E-state index contributed by atoms with van der Waals surface area (Å²) in [6.07, 6.45) is 4.17. The molecular weight excluding hydrogens is 292 g/mol. The minimum Gasteiger partial charge on any atom is -0.480 e. The number of rotatable bonds is 5. The molecule has 0 radical (unpaired) electrons. The van der Waals surface area contributed by atoms with Crippen molar-refractivity contribution in [1.29, 1.82) is 0 Å². The van der Waals surface area contributed by atoms with Crippen molar-refractivity contribution in [3.63, 3.8) is 0 Å². The Morgan fingerprint density at radius 3 is 2.95 bits per heavy atom. The number of carbonyl (C=O) groups excluding carboxylic acids is 1. The first-order valence-electron chi connectivity index (χ1n) is 6.77. The molecule has 1 aromatic heterocycles. The van der Waals surface area contributed by atoms with E-state index in [9.17, 15) is 14.7 Å². The number of nitrogens with zero attached hydrogens (tertiary/aromatic N) is 3. The van der Waals surface area contributed by atoms with Gasteiger partial charge in [0.15, 0.2) is 0 Å². The highest BCUT2D eigenvalue weighted by atomic mass is 16.5. The maximum absolute atomic E-state index is 11.9. The van der Waals surface area contributed by atoms with Crippen LogP contribution in [0.25, 0.3) is 0 Å². The van der Waals surface area contributed by atoms with Crippen LogP contribution in [0.1, 0.15) is 10.5 Å². The quantitative estimate of drug-likeness (QED) is 0.591. The summed E-state index contributed by atoms with van der Waals surface area (Å²) in [5.74, 6) is -1.44. The van der Waals surface area contributed by atoms with Gasteiger partial charge in [0, 0.05) is 25.5 Å². The molecule has 1 amide bonds. The number of amides is 1. The number of carboxylic acids is 1. The summed E-state index contributed by atoms with van der Waals surface area (Å²) in [7, 11) is 0. The van der Waals surface area contributed by atoms with Gasteiger partial charge in [0.25, 0.3) is 5.91 Å². The summed E-state index contributed by atoms with van der Waals surface area (Å²) in [6, 6.07) is 0. The number of carbonyl (C=O) groups is 2. The molecule has 120 valence electrons. The second-order valence-corrected chi connectivity index (χ2v) is 5.15. The summed E-state index contributed by atoms with van der Waals surface area (Å²) in [5.41, 5.74) is -1.22. The van der Waals surface area contributed by atoms with Crippen molar-refractivity contribution >= 4 is 11.9 Å². The van der Waals surface area contributed by atoms with E-state index in [4.69, 9.17) is 9.84 Å². The van der Waals surface area contributed by atoms with E-state index in [0.29, 0.717) is 13.2 Å². The highest BCUT2D eigenvalue weighted by Gasteiger charge is 2.33. The smallest absolute Gasteiger partial charge is 0.317 e. The van der Waals surface area contributed by atoms with Gasteiger partial charge >= 0.3 is 5.97 Å². The van der Waals surface area contributed by atoms with Crippen LogP contribution >= 0.6 is 0 Å². The molecule has 9 heteroatoms. The molecule has 1 aromatic rings. The molecule has 22 heavy (non-hydrogen) atoms. The molecule has 2 heterocycles. The van der Waals surface area contributed by atoms with Crippen LogP contribution in [0.15, 0.2) is 18.6 Å². The summed E-state index contributed by atoms with van der Waals surface area (Å²) in [4.78, 5) is 31.9. The number of hydrogen-bond donors (Lipinski definition) is 3. The number of aliphatic carboxylic acids is 1. The van der Waals surface area contributed by atoms with Gasteiger partial charge in [-0.25, -0.2) is 4.98 Å². The van der Waals surface area contributed by atoms with E-state index in [1.807, 2.05) is 0 Å². The zero-order valence-corrected chi connectivity index (χ0v) is 11.9. The van der Waals surface area contributed by atoms with Crippen LogP contribution in [0.5, 0.6) is 0 Å². The fourth-order valence-electron chi connectivity index (χ4n) is 2.18. The van der Waals surface area contributed by atoms with Gasteiger partial charge in [0.05, 0.1) is 32.5 Å². The van der Waals surface area contributed by atoms with Gasteiger partial charge in [0.2, 0.25) is 0 Å². The second-order valence-electron chi connectivity index (χ2n) is 5.15. The van der Waals surface area contributed by atoms with Crippen LogP contribution in [0.2, 0.25) is 0 Å². The molecule has 1 aliphatic rings. The SMILES string of the molecule is O=C(O)CN1CCOC[C@](O)(CNC(=O)c2cnccn2)C1. The lowest BCUT2D eigenvalue weighted by Gasteiger charge is -2.30. The van der Waals surface area contributed by atoms with Crippen molar-refractivity contribution < 1.29 is 24.5 Å². The molecule has 9 nitrogen and oxygen atoms in total. The normalized spacial score (nSPS) is 22.8. The van der Waals surface area contributed by atoms with Gasteiger partial charge in [-0.3, -0.25) is 19.5 Å². The molecule has 1 saturated heterocycles. The Labute approximate surface area is 126 Å². The van der Waals surface area contributed by atoms with Gasteiger partial charge in [-0.1, -0.05) is 0 Å². The van der Waals surface area contributed by atoms with Gasteiger partial charge in [-0.05, 0) is 0 Å². The molecule has 0 aliphatic carbocycles. The van der Waals surface area contributed by atoms with Crippen LogP contribution < -0.4 is 5.32 Å². The van der Waals surface area contributed by atoms with E-state index in [0.717, 1.165) is 0 Å². The van der Waals surface area contributed by atoms with Crippen molar-refractivity contribution in [2.24, 2.45) is 0 Å². The van der Waals surface area contributed by atoms with Crippen molar-refractivity contribution in [1.82, 2.24) is 20.2 Å². The monoisotopic (exact) mass is 310 g/mol. The van der Waals surface area contributed by atoms with Crippen molar-refractivity contribution in [3.8, 4) is 0 Å². The topological polar surface area (TPSA) is 125 Å². The van der Waals surface area contributed by atoms with Crippen LogP contribution in [-0.4, -0.2) is 82.0 Å². The van der Waals surface area contributed by atoms with E-state index in [1.165, 1.54) is 18.6 Å². The standard InChI is InChI=1S/C13H18N4O5/c18-11(19)6-17-3-4-22-9-13(21,8-17)7-16-12(20)10-5-14-1-2-15-10/h1-2,5,21H,3-4,6-9H2,(H,16,20)(H,18,19)/t13-/m0/s1. The summed E-state index contributed by atoms with van der Waals surface area (Å²) < 4.78 is 5.30. The summed E-state index contributed by atoms with van der Waals surface area (Å²) in [5, 5.41) is 21.9. The van der Waals surface area contributed by atoms with E-state index < -0.39 is 17.5 Å². The zero-order valence-electron chi connectivity index (χ0n) is 11.9. The molecule has 3 N–H and O–H groups in total. The molecule has 0 aromatic carbocycles. The Hall–Kier alpha value is -2.10. The van der Waals surface area contributed by atoms with E-state index in [2.05, 4.69) is 15.3 Å². The Kier molecular flexibility index (Phi) is 5.36. The lowest BCUT2D eigenvalue weighted by molar-refractivity contribution is -0.138. The minimum atomic E-state index is -1.36. The molecule has 2 rings (SSSR count). The van der Waals surface area contributed by atoms with E-state index >= 15 is 0 Å². The average Bonchev–Trinajstić information content (AvgIpc) is 2.67. The molecule has 0 spiro atoms. The van der Waals surface area contributed by atoms with Crippen LogP contribution in [0.3, 0.4) is 0 Å². The summed E-state index contributed by atoms with van der Waals surface area (Å²) >= 11 is 0. The molecule has 1 atom stereocenters. The molecular formula is C13H18N4O5. The van der Waals surface area contributed by atoms with E-state index in [-0.39, 0.29) is 31.9 Å². The Bertz CT molecular complexity index is 526. The molecule has 0 unspecified atom stereocenters. The fraction of sp³-hybridized carbons (Fsp3) is 0.538. The number of β-amino-alcohol motifs (C(OH)–C–C–N with tert-alkyl or cyclic N) is 1. The molecule has 0 saturated carbocycles. The number of ether oxygens (including phenoxy) is 1. The number of carboxylic acid groups (broad SMARTS) is 1. The maximum atomic E-state index is 11.9. The van der Waals surface area contributed by atoms with Gasteiger partial charge < -0.3 is 20.3 Å². The first-order chi connectivity index (χ1) is 10.5. The van der Waals surface area contributed by atoms with Crippen molar-refractivity contribution in [3.05, 3.63) is 24.3 Å². The van der Waals surface area contributed by atoms with Crippen molar-refractivity contribution in [2.45, 2.75) is 5.60 Å². The predicted octanol–water partition coefficient (Wildman–Crippen LogP) is -1.65. The highest BCUT2D eigenvalue weighted by Crippen LogP contribution is 2.11. The second kappa shape index (κ2) is 7.25. The third-order valence-electron chi connectivity index (χ3n) is 3.17. The first-order valence-corrected chi connectivity index (χ1v) is 6.77. The number of hydrogen-bond acceptors (Lipinski definition) is 7. The average molecular weight is 310 g/mol. The van der Waals surface area contributed by atoms with Gasteiger partial charge in [0.1, 0.15) is 11.3 Å². The fourth-order valence-corrected chi connectivity index (χ4v) is 2.18.